The summed E-state index contributed by atoms with van der Waals surface area (Å²) in [4.78, 5) is 2.33. The van der Waals surface area contributed by atoms with Crippen LogP contribution in [-0.4, -0.2) is 25.0 Å². The quantitative estimate of drug-likeness (QED) is 0.305. The predicted octanol–water partition coefficient (Wildman–Crippen LogP) is 5.04. The Morgan fingerprint density at radius 1 is 1.00 bits per heavy atom. The molecule has 2 N–H and O–H groups in total. The SMILES string of the molecule is CCN(Cc1ccccc1)c1ccc(C=NNC(=S)Nc2ccccc2OC)cc1. The van der Waals surface area contributed by atoms with E-state index in [0.29, 0.717) is 5.11 Å². The molecule has 0 heterocycles. The summed E-state index contributed by atoms with van der Waals surface area (Å²) in [6.07, 6.45) is 1.74. The van der Waals surface area contributed by atoms with Gasteiger partial charge in [-0.2, -0.15) is 5.10 Å². The summed E-state index contributed by atoms with van der Waals surface area (Å²) in [5.41, 5.74) is 7.09. The third kappa shape index (κ3) is 6.06. The first-order valence-corrected chi connectivity index (χ1v) is 10.2. The van der Waals surface area contributed by atoms with Crippen LogP contribution in [0.1, 0.15) is 18.1 Å². The zero-order valence-corrected chi connectivity index (χ0v) is 18.0. The Bertz CT molecular complexity index is 974. The fourth-order valence-corrected chi connectivity index (χ4v) is 3.19. The van der Waals surface area contributed by atoms with E-state index in [1.54, 1.807) is 13.3 Å². The van der Waals surface area contributed by atoms with Crippen molar-refractivity contribution in [3.8, 4) is 5.75 Å². The molecule has 3 aromatic rings. The van der Waals surface area contributed by atoms with Gasteiger partial charge in [-0.05, 0) is 54.5 Å². The van der Waals surface area contributed by atoms with Crippen LogP contribution in [-0.2, 0) is 6.54 Å². The van der Waals surface area contributed by atoms with Gasteiger partial charge in [0.2, 0.25) is 0 Å². The maximum atomic E-state index is 5.30. The van der Waals surface area contributed by atoms with Crippen molar-refractivity contribution >= 4 is 34.9 Å². The highest BCUT2D eigenvalue weighted by Gasteiger charge is 2.05. The van der Waals surface area contributed by atoms with Crippen molar-refractivity contribution < 1.29 is 4.74 Å². The van der Waals surface area contributed by atoms with Crippen molar-refractivity contribution in [2.75, 3.05) is 23.9 Å². The van der Waals surface area contributed by atoms with Gasteiger partial charge in [-0.3, -0.25) is 5.43 Å². The molecular formula is C24H26N4OS. The molecule has 30 heavy (non-hydrogen) atoms. The topological polar surface area (TPSA) is 48.9 Å². The van der Waals surface area contributed by atoms with Gasteiger partial charge in [0, 0.05) is 18.8 Å². The minimum absolute atomic E-state index is 0.396. The summed E-state index contributed by atoms with van der Waals surface area (Å²) >= 11 is 5.29. The van der Waals surface area contributed by atoms with Gasteiger partial charge in [-0.1, -0.05) is 54.6 Å². The lowest BCUT2D eigenvalue weighted by Crippen LogP contribution is -2.24. The van der Waals surface area contributed by atoms with Crippen LogP contribution in [0.5, 0.6) is 5.75 Å². The summed E-state index contributed by atoms with van der Waals surface area (Å²) in [5.74, 6) is 0.720. The number of methoxy groups -OCH3 is 1. The van der Waals surface area contributed by atoms with Gasteiger partial charge in [-0.25, -0.2) is 0 Å². The molecule has 0 spiro atoms. The second-order valence-electron chi connectivity index (χ2n) is 6.62. The van der Waals surface area contributed by atoms with Crippen LogP contribution < -0.4 is 20.4 Å². The monoisotopic (exact) mass is 418 g/mol. The zero-order valence-electron chi connectivity index (χ0n) is 17.2. The molecule has 3 rings (SSSR count). The molecule has 154 valence electrons. The number of hydrogen-bond donors (Lipinski definition) is 2. The van der Waals surface area contributed by atoms with Crippen molar-refractivity contribution in [3.63, 3.8) is 0 Å². The van der Waals surface area contributed by atoms with Crippen LogP contribution in [0.2, 0.25) is 0 Å². The van der Waals surface area contributed by atoms with Crippen molar-refractivity contribution in [2.24, 2.45) is 5.10 Å². The lowest BCUT2D eigenvalue weighted by Gasteiger charge is -2.23. The summed E-state index contributed by atoms with van der Waals surface area (Å²) in [7, 11) is 1.62. The molecule has 0 saturated heterocycles. The maximum Gasteiger partial charge on any atom is 0.191 e. The molecule has 0 aromatic heterocycles. The van der Waals surface area contributed by atoms with E-state index >= 15 is 0 Å². The normalized spacial score (nSPS) is 10.6. The largest absolute Gasteiger partial charge is 0.495 e. The fourth-order valence-electron chi connectivity index (χ4n) is 3.02. The Morgan fingerprint density at radius 3 is 2.40 bits per heavy atom. The zero-order chi connectivity index (χ0) is 21.2. The van der Waals surface area contributed by atoms with Crippen LogP contribution in [0.3, 0.4) is 0 Å². The Balaban J connectivity index is 1.55. The molecule has 0 aliphatic heterocycles. The van der Waals surface area contributed by atoms with E-state index in [4.69, 9.17) is 17.0 Å². The molecular weight excluding hydrogens is 392 g/mol. The van der Waals surface area contributed by atoms with Gasteiger partial charge in [0.15, 0.2) is 5.11 Å². The highest BCUT2D eigenvalue weighted by molar-refractivity contribution is 7.80. The van der Waals surface area contributed by atoms with Gasteiger partial charge in [0.25, 0.3) is 0 Å². The van der Waals surface area contributed by atoms with E-state index in [2.05, 4.69) is 64.1 Å². The van der Waals surface area contributed by atoms with E-state index in [0.717, 1.165) is 30.1 Å². The average molecular weight is 419 g/mol. The van der Waals surface area contributed by atoms with Crippen LogP contribution >= 0.6 is 12.2 Å². The third-order valence-corrected chi connectivity index (χ3v) is 4.78. The number of hydrazone groups is 1. The summed E-state index contributed by atoms with van der Waals surface area (Å²) in [6, 6.07) is 26.4. The molecule has 0 saturated carbocycles. The van der Waals surface area contributed by atoms with E-state index in [-0.39, 0.29) is 0 Å². The van der Waals surface area contributed by atoms with Gasteiger partial charge in [0.05, 0.1) is 19.0 Å². The molecule has 5 nitrogen and oxygen atoms in total. The number of nitrogens with zero attached hydrogens (tertiary/aromatic N) is 2. The number of thiocarbonyl (C=S) groups is 1. The highest BCUT2D eigenvalue weighted by atomic mass is 32.1. The third-order valence-electron chi connectivity index (χ3n) is 4.59. The first-order valence-electron chi connectivity index (χ1n) is 9.81. The number of ether oxygens (including phenoxy) is 1. The average Bonchev–Trinajstić information content (AvgIpc) is 2.79. The first-order chi connectivity index (χ1) is 14.7. The molecule has 0 atom stereocenters. The smallest absolute Gasteiger partial charge is 0.191 e. The molecule has 0 aliphatic rings. The molecule has 0 fully saturated rings. The molecule has 0 unspecified atom stereocenters. The van der Waals surface area contributed by atoms with Crippen LogP contribution in [0.25, 0.3) is 0 Å². The Kier molecular flexibility index (Phi) is 7.80. The molecule has 0 amide bonds. The highest BCUT2D eigenvalue weighted by Crippen LogP contribution is 2.22. The Labute approximate surface area is 183 Å². The van der Waals surface area contributed by atoms with Crippen molar-refractivity contribution in [3.05, 3.63) is 90.0 Å². The number of para-hydroxylation sites is 2. The Hall–Kier alpha value is -3.38. The molecule has 0 radical (unpaired) electrons. The second kappa shape index (κ2) is 11.0. The van der Waals surface area contributed by atoms with Crippen molar-refractivity contribution in [2.45, 2.75) is 13.5 Å². The maximum absolute atomic E-state index is 5.30. The van der Waals surface area contributed by atoms with Gasteiger partial charge in [0.1, 0.15) is 5.75 Å². The molecule has 6 heteroatoms. The number of hydrogen-bond acceptors (Lipinski definition) is 4. The summed E-state index contributed by atoms with van der Waals surface area (Å²) < 4.78 is 5.30. The first kappa shape index (κ1) is 21.3. The van der Waals surface area contributed by atoms with Crippen LogP contribution in [0, 0.1) is 0 Å². The van der Waals surface area contributed by atoms with Crippen molar-refractivity contribution in [1.82, 2.24) is 5.43 Å². The lowest BCUT2D eigenvalue weighted by atomic mass is 10.1. The van der Waals surface area contributed by atoms with Gasteiger partial charge >= 0.3 is 0 Å². The Morgan fingerprint density at radius 2 is 1.70 bits per heavy atom. The van der Waals surface area contributed by atoms with E-state index in [1.807, 2.05) is 42.5 Å². The standard InChI is InChI=1S/C24H26N4OS/c1-3-28(18-20-9-5-4-6-10-20)21-15-13-19(14-16-21)17-25-27-24(30)26-22-11-7-8-12-23(22)29-2/h4-17H,3,18H2,1-2H3,(H2,26,27,30). The minimum Gasteiger partial charge on any atom is -0.495 e. The molecule has 0 aliphatic carbocycles. The summed E-state index contributed by atoms with van der Waals surface area (Å²) in [6.45, 7) is 3.99. The minimum atomic E-state index is 0.396. The van der Waals surface area contributed by atoms with Gasteiger partial charge in [-0.15, -0.1) is 0 Å². The predicted molar refractivity (Wildman–Crippen MR) is 130 cm³/mol. The number of nitrogens with one attached hydrogen (secondary N) is 2. The number of anilines is 2. The fraction of sp³-hybridized carbons (Fsp3) is 0.167. The molecule has 0 bridgehead atoms. The van der Waals surface area contributed by atoms with Crippen LogP contribution in [0.15, 0.2) is 84.0 Å². The number of benzene rings is 3. The van der Waals surface area contributed by atoms with E-state index in [9.17, 15) is 0 Å². The van der Waals surface area contributed by atoms with Crippen LogP contribution in [0.4, 0.5) is 11.4 Å². The number of rotatable bonds is 8. The van der Waals surface area contributed by atoms with E-state index < -0.39 is 0 Å². The van der Waals surface area contributed by atoms with Gasteiger partial charge < -0.3 is 15.0 Å². The van der Waals surface area contributed by atoms with Crippen molar-refractivity contribution in [1.29, 1.82) is 0 Å². The second-order valence-corrected chi connectivity index (χ2v) is 7.02. The lowest BCUT2D eigenvalue weighted by molar-refractivity contribution is 0.417. The van der Waals surface area contributed by atoms with E-state index in [1.165, 1.54) is 11.3 Å². The summed E-state index contributed by atoms with van der Waals surface area (Å²) in [5, 5.41) is 7.70. The molecule has 3 aromatic carbocycles.